The lowest BCUT2D eigenvalue weighted by Gasteiger charge is -2.35. The number of carbonyl (C=O) groups is 3. The average molecular weight is 466 g/mol. The summed E-state index contributed by atoms with van der Waals surface area (Å²) in [5, 5.41) is 16.4. The minimum atomic E-state index is -0.756. The Balaban J connectivity index is 1.89. The lowest BCUT2D eigenvalue weighted by Crippen LogP contribution is -2.48. The largest absolute Gasteiger partial charge is 0.466 e. The van der Waals surface area contributed by atoms with Gasteiger partial charge in [-0.2, -0.15) is 0 Å². The third-order valence-corrected chi connectivity index (χ3v) is 5.56. The number of ether oxygens (including phenoxy) is 1. The number of amides is 3. The van der Waals surface area contributed by atoms with E-state index in [0.717, 1.165) is 12.8 Å². The molecule has 0 saturated heterocycles. The van der Waals surface area contributed by atoms with E-state index in [0.29, 0.717) is 29.1 Å². The number of unbranched alkanes of at least 4 members (excludes halogenated alkanes) is 1. The highest BCUT2D eigenvalue weighted by Gasteiger charge is 2.36. The highest BCUT2D eigenvalue weighted by molar-refractivity contribution is 6.04. The van der Waals surface area contributed by atoms with Crippen molar-refractivity contribution in [1.29, 1.82) is 0 Å². The second-order valence-electron chi connectivity index (χ2n) is 7.76. The first-order chi connectivity index (χ1) is 16.3. The number of carbonyl (C=O) groups excluding carboxylic acids is 3. The molecule has 1 aliphatic rings. The minimum Gasteiger partial charge on any atom is -0.466 e. The Morgan fingerprint density at radius 2 is 1.91 bits per heavy atom. The van der Waals surface area contributed by atoms with Crippen molar-refractivity contribution in [3.8, 4) is 0 Å². The summed E-state index contributed by atoms with van der Waals surface area (Å²) in [6.45, 7) is 4.21. The second kappa shape index (κ2) is 10.6. The van der Waals surface area contributed by atoms with Crippen molar-refractivity contribution < 1.29 is 24.0 Å². The van der Waals surface area contributed by atoms with Crippen molar-refractivity contribution in [2.75, 3.05) is 19.0 Å². The molecule has 0 saturated carbocycles. The van der Waals surface area contributed by atoms with Gasteiger partial charge < -0.3 is 15.4 Å². The summed E-state index contributed by atoms with van der Waals surface area (Å²) in [5.41, 5.74) is 2.00. The van der Waals surface area contributed by atoms with Crippen molar-refractivity contribution >= 4 is 29.3 Å². The smallest absolute Gasteiger partial charge is 0.337 e. The number of urea groups is 1. The van der Waals surface area contributed by atoms with Gasteiger partial charge in [-0.15, -0.1) is 0 Å². The Hall–Kier alpha value is -4.21. The van der Waals surface area contributed by atoms with E-state index in [2.05, 4.69) is 10.6 Å². The maximum Gasteiger partial charge on any atom is 0.337 e. The average Bonchev–Trinajstić information content (AvgIpc) is 2.83. The number of allylic oxidation sites excluding steroid dienone is 1. The molecule has 1 aliphatic heterocycles. The van der Waals surface area contributed by atoms with Gasteiger partial charge in [0.05, 0.1) is 23.6 Å². The predicted molar refractivity (Wildman–Crippen MR) is 125 cm³/mol. The maximum atomic E-state index is 12.8. The fraction of sp³-hybridized carbons (Fsp3) is 0.292. The molecule has 3 amide bonds. The summed E-state index contributed by atoms with van der Waals surface area (Å²) < 4.78 is 4.99. The molecule has 0 bridgehead atoms. The molecule has 0 aliphatic carbocycles. The number of nitrogens with one attached hydrogen (secondary N) is 2. The zero-order chi connectivity index (χ0) is 24.8. The van der Waals surface area contributed by atoms with Gasteiger partial charge >= 0.3 is 12.0 Å². The highest BCUT2D eigenvalue weighted by Crippen LogP contribution is 2.32. The molecule has 0 spiro atoms. The number of nitro benzene ring substituents is 1. The minimum absolute atomic E-state index is 0.114. The molecule has 2 aromatic rings. The van der Waals surface area contributed by atoms with Crippen molar-refractivity contribution in [2.24, 2.45) is 0 Å². The lowest BCUT2D eigenvalue weighted by atomic mass is 9.94. The molecule has 3 rings (SSSR count). The summed E-state index contributed by atoms with van der Waals surface area (Å²) in [5.74, 6) is -1.00. The van der Waals surface area contributed by atoms with Crippen LogP contribution in [0.15, 0.2) is 59.8 Å². The van der Waals surface area contributed by atoms with Crippen LogP contribution in [0.25, 0.3) is 0 Å². The molecule has 2 aromatic carbocycles. The Morgan fingerprint density at radius 3 is 2.53 bits per heavy atom. The van der Waals surface area contributed by atoms with Gasteiger partial charge in [-0.05, 0) is 43.2 Å². The van der Waals surface area contributed by atoms with E-state index in [4.69, 9.17) is 4.74 Å². The Bertz CT molecular complexity index is 1140. The van der Waals surface area contributed by atoms with Crippen molar-refractivity contribution in [3.05, 3.63) is 81.0 Å². The van der Waals surface area contributed by atoms with Crippen LogP contribution in [0.2, 0.25) is 0 Å². The Morgan fingerprint density at radius 1 is 1.21 bits per heavy atom. The number of non-ortho nitro benzene ring substituents is 1. The first-order valence-electron chi connectivity index (χ1n) is 10.8. The number of hydrogen-bond acceptors (Lipinski definition) is 6. The van der Waals surface area contributed by atoms with Gasteiger partial charge in [0.15, 0.2) is 0 Å². The van der Waals surface area contributed by atoms with Crippen LogP contribution < -0.4 is 10.6 Å². The number of hydrogen-bond donors (Lipinski definition) is 2. The zero-order valence-electron chi connectivity index (χ0n) is 19.2. The second-order valence-corrected chi connectivity index (χ2v) is 7.76. The fourth-order valence-electron chi connectivity index (χ4n) is 3.72. The van der Waals surface area contributed by atoms with E-state index in [1.54, 1.807) is 31.2 Å². The van der Waals surface area contributed by atoms with E-state index in [-0.39, 0.29) is 17.3 Å². The lowest BCUT2D eigenvalue weighted by molar-refractivity contribution is -0.384. The van der Waals surface area contributed by atoms with E-state index in [1.807, 2.05) is 6.92 Å². The first-order valence-corrected chi connectivity index (χ1v) is 10.8. The molecule has 0 fully saturated rings. The van der Waals surface area contributed by atoms with Gasteiger partial charge in [0, 0.05) is 35.6 Å². The van der Waals surface area contributed by atoms with E-state index >= 15 is 0 Å². The van der Waals surface area contributed by atoms with Crippen LogP contribution in [-0.4, -0.2) is 41.4 Å². The molecular weight excluding hydrogens is 440 g/mol. The third kappa shape index (κ3) is 5.22. The molecular formula is C24H26N4O6. The number of benzene rings is 2. The molecule has 34 heavy (non-hydrogen) atoms. The number of nitro groups is 1. The van der Waals surface area contributed by atoms with Gasteiger partial charge in [0.1, 0.15) is 0 Å². The van der Waals surface area contributed by atoms with Crippen LogP contribution in [-0.2, 0) is 9.53 Å². The highest BCUT2D eigenvalue weighted by atomic mass is 16.6. The van der Waals surface area contributed by atoms with E-state index in [1.165, 1.54) is 36.3 Å². The summed E-state index contributed by atoms with van der Waals surface area (Å²) in [7, 11) is 1.29. The Labute approximate surface area is 196 Å². The van der Waals surface area contributed by atoms with Crippen LogP contribution in [0.5, 0.6) is 0 Å². The molecule has 10 nitrogen and oxygen atoms in total. The standard InChI is InChI=1S/C24H26N4O6/c1-4-5-13-27-15(2)20(23(30)34-3)21(26-24(27)31)17-7-6-8-18(14-17)25-22(29)16-9-11-19(12-10-16)28(32)33/h6-12,14,21H,4-5,13H2,1-3H3,(H,25,29)(H,26,31)/t21-/m1/s1. The summed E-state index contributed by atoms with van der Waals surface area (Å²) in [4.78, 5) is 49.8. The molecule has 178 valence electrons. The van der Waals surface area contributed by atoms with Crippen LogP contribution >= 0.6 is 0 Å². The molecule has 1 heterocycles. The van der Waals surface area contributed by atoms with Gasteiger partial charge in [0.25, 0.3) is 11.6 Å². The van der Waals surface area contributed by atoms with Crippen LogP contribution in [0.1, 0.15) is 48.7 Å². The number of anilines is 1. The monoisotopic (exact) mass is 466 g/mol. The number of methoxy groups -OCH3 is 1. The SMILES string of the molecule is CCCCN1C(=O)N[C@H](c2cccc(NC(=O)c3ccc([N+](=O)[O-])cc3)c2)C(C(=O)OC)=C1C. The number of nitrogens with zero attached hydrogens (tertiary/aromatic N) is 2. The summed E-state index contributed by atoms with van der Waals surface area (Å²) >= 11 is 0. The normalized spacial score (nSPS) is 15.6. The van der Waals surface area contributed by atoms with Crippen molar-refractivity contribution in [2.45, 2.75) is 32.7 Å². The van der Waals surface area contributed by atoms with Crippen molar-refractivity contribution in [1.82, 2.24) is 10.2 Å². The fourth-order valence-corrected chi connectivity index (χ4v) is 3.72. The van der Waals surface area contributed by atoms with Crippen LogP contribution in [0.3, 0.4) is 0 Å². The van der Waals surface area contributed by atoms with Crippen LogP contribution in [0, 0.1) is 10.1 Å². The van der Waals surface area contributed by atoms with Gasteiger partial charge in [-0.3, -0.25) is 19.8 Å². The predicted octanol–water partition coefficient (Wildman–Crippen LogP) is 4.16. The quantitative estimate of drug-likeness (QED) is 0.341. The molecule has 2 N–H and O–H groups in total. The Kier molecular flexibility index (Phi) is 7.62. The van der Waals surface area contributed by atoms with E-state index < -0.39 is 22.8 Å². The third-order valence-electron chi connectivity index (χ3n) is 5.56. The maximum absolute atomic E-state index is 12.8. The number of esters is 1. The first kappa shape index (κ1) is 24.4. The molecule has 0 aromatic heterocycles. The molecule has 1 atom stereocenters. The summed E-state index contributed by atoms with van der Waals surface area (Å²) in [6, 6.07) is 10.9. The number of rotatable bonds is 8. The summed E-state index contributed by atoms with van der Waals surface area (Å²) in [6.07, 6.45) is 1.68. The van der Waals surface area contributed by atoms with Crippen molar-refractivity contribution in [3.63, 3.8) is 0 Å². The van der Waals surface area contributed by atoms with Crippen LogP contribution in [0.4, 0.5) is 16.2 Å². The zero-order valence-corrected chi connectivity index (χ0v) is 19.2. The topological polar surface area (TPSA) is 131 Å². The molecule has 10 heteroatoms. The molecule has 0 unspecified atom stereocenters. The van der Waals surface area contributed by atoms with Gasteiger partial charge in [-0.1, -0.05) is 25.5 Å². The van der Waals surface area contributed by atoms with Gasteiger partial charge in [0.2, 0.25) is 0 Å². The van der Waals surface area contributed by atoms with Gasteiger partial charge in [-0.25, -0.2) is 9.59 Å². The van der Waals surface area contributed by atoms with E-state index in [9.17, 15) is 24.5 Å². The molecule has 0 radical (unpaired) electrons.